The Kier molecular flexibility index (Phi) is 7.01. The number of piperidine rings is 1. The highest BCUT2D eigenvalue weighted by Gasteiger charge is 2.26. The Bertz CT molecular complexity index is 1060. The average molecular weight is 446 g/mol. The molecule has 0 bridgehead atoms. The van der Waals surface area contributed by atoms with E-state index in [4.69, 9.17) is 14.0 Å². The lowest BCUT2D eigenvalue weighted by molar-refractivity contribution is 0.131. The third-order valence-electron chi connectivity index (χ3n) is 6.12. The molecule has 0 amide bonds. The van der Waals surface area contributed by atoms with Gasteiger partial charge in [0.05, 0.1) is 24.8 Å². The molecule has 2 aromatic heterocycles. The first-order valence-corrected chi connectivity index (χ1v) is 11.0. The standard InChI is InChI=1S/C24H29F2N3O3/c1-4-31-14-18-11-16(5-6-21(18)30-3)13-29-9-7-17(8-10-29)20-12-19(23(25)26)22-15(2)28-32-24(22)27-20/h5-6,11-12,17,23H,4,7-10,13-14H2,1-3H3. The van der Waals surface area contributed by atoms with Crippen molar-refractivity contribution in [2.24, 2.45) is 0 Å². The fourth-order valence-electron chi connectivity index (χ4n) is 4.43. The van der Waals surface area contributed by atoms with Crippen molar-refractivity contribution in [3.05, 3.63) is 52.3 Å². The average Bonchev–Trinajstić information content (AvgIpc) is 3.18. The van der Waals surface area contributed by atoms with Gasteiger partial charge in [-0.2, -0.15) is 0 Å². The molecule has 0 aliphatic carbocycles. The van der Waals surface area contributed by atoms with Crippen molar-refractivity contribution in [2.45, 2.75) is 52.2 Å². The molecule has 32 heavy (non-hydrogen) atoms. The second-order valence-corrected chi connectivity index (χ2v) is 8.22. The summed E-state index contributed by atoms with van der Waals surface area (Å²) in [5, 5.41) is 4.16. The molecule has 3 aromatic rings. The van der Waals surface area contributed by atoms with Crippen molar-refractivity contribution in [3.63, 3.8) is 0 Å². The minimum Gasteiger partial charge on any atom is -0.496 e. The third-order valence-corrected chi connectivity index (χ3v) is 6.12. The van der Waals surface area contributed by atoms with E-state index in [9.17, 15) is 8.78 Å². The number of halogens is 2. The summed E-state index contributed by atoms with van der Waals surface area (Å²) in [4.78, 5) is 6.91. The van der Waals surface area contributed by atoms with Gasteiger partial charge in [-0.15, -0.1) is 0 Å². The number of fused-ring (bicyclic) bond motifs is 1. The Morgan fingerprint density at radius 3 is 2.69 bits per heavy atom. The Morgan fingerprint density at radius 1 is 1.22 bits per heavy atom. The molecule has 0 atom stereocenters. The van der Waals surface area contributed by atoms with E-state index in [0.29, 0.717) is 30.0 Å². The van der Waals surface area contributed by atoms with Gasteiger partial charge in [-0.1, -0.05) is 11.2 Å². The number of hydrogen-bond acceptors (Lipinski definition) is 6. The predicted molar refractivity (Wildman–Crippen MR) is 117 cm³/mol. The fourth-order valence-corrected chi connectivity index (χ4v) is 4.43. The molecule has 6 nitrogen and oxygen atoms in total. The quantitative estimate of drug-likeness (QED) is 0.463. The van der Waals surface area contributed by atoms with Gasteiger partial charge in [0, 0.05) is 35.9 Å². The van der Waals surface area contributed by atoms with Crippen LogP contribution in [0.5, 0.6) is 5.75 Å². The van der Waals surface area contributed by atoms with E-state index in [1.165, 1.54) is 5.56 Å². The van der Waals surface area contributed by atoms with Crippen molar-refractivity contribution in [2.75, 3.05) is 26.8 Å². The second-order valence-electron chi connectivity index (χ2n) is 8.22. The van der Waals surface area contributed by atoms with Crippen LogP contribution in [0.4, 0.5) is 8.78 Å². The van der Waals surface area contributed by atoms with Crippen LogP contribution in [0.15, 0.2) is 28.8 Å². The van der Waals surface area contributed by atoms with Crippen LogP contribution in [0.25, 0.3) is 11.1 Å². The normalized spacial score (nSPS) is 15.7. The molecule has 1 fully saturated rings. The van der Waals surface area contributed by atoms with E-state index >= 15 is 0 Å². The van der Waals surface area contributed by atoms with E-state index in [-0.39, 0.29) is 17.2 Å². The van der Waals surface area contributed by atoms with Gasteiger partial charge in [-0.25, -0.2) is 13.8 Å². The maximum absolute atomic E-state index is 13.6. The smallest absolute Gasteiger partial charge is 0.264 e. The number of aromatic nitrogens is 2. The van der Waals surface area contributed by atoms with Gasteiger partial charge in [-0.3, -0.25) is 4.90 Å². The van der Waals surface area contributed by atoms with Crippen molar-refractivity contribution >= 4 is 11.1 Å². The number of methoxy groups -OCH3 is 1. The van der Waals surface area contributed by atoms with Crippen LogP contribution in [0, 0.1) is 6.92 Å². The lowest BCUT2D eigenvalue weighted by Crippen LogP contribution is -2.32. The van der Waals surface area contributed by atoms with Crippen molar-refractivity contribution < 1.29 is 22.8 Å². The minimum absolute atomic E-state index is 0.0359. The van der Waals surface area contributed by atoms with Crippen LogP contribution in [0.2, 0.25) is 0 Å². The second kappa shape index (κ2) is 9.92. The molecular formula is C24H29F2N3O3. The van der Waals surface area contributed by atoms with Crippen molar-refractivity contribution in [1.29, 1.82) is 0 Å². The zero-order valence-corrected chi connectivity index (χ0v) is 18.7. The van der Waals surface area contributed by atoms with Gasteiger partial charge in [0.15, 0.2) is 0 Å². The van der Waals surface area contributed by atoms with Gasteiger partial charge in [0.25, 0.3) is 12.1 Å². The van der Waals surface area contributed by atoms with Gasteiger partial charge >= 0.3 is 0 Å². The molecule has 0 unspecified atom stereocenters. The molecule has 0 radical (unpaired) electrons. The van der Waals surface area contributed by atoms with Crippen molar-refractivity contribution in [1.82, 2.24) is 15.0 Å². The highest BCUT2D eigenvalue weighted by atomic mass is 19.3. The molecule has 4 rings (SSSR count). The number of aryl methyl sites for hydroxylation is 1. The molecule has 172 valence electrons. The molecule has 8 heteroatoms. The van der Waals surface area contributed by atoms with E-state index in [0.717, 1.165) is 43.8 Å². The van der Waals surface area contributed by atoms with E-state index in [1.54, 1.807) is 20.1 Å². The van der Waals surface area contributed by atoms with Crippen molar-refractivity contribution in [3.8, 4) is 5.75 Å². The predicted octanol–water partition coefficient (Wildman–Crippen LogP) is 5.39. The highest BCUT2D eigenvalue weighted by molar-refractivity contribution is 5.80. The van der Waals surface area contributed by atoms with Gasteiger partial charge in [0.1, 0.15) is 5.75 Å². The number of benzene rings is 1. The molecular weight excluding hydrogens is 416 g/mol. The highest BCUT2D eigenvalue weighted by Crippen LogP contribution is 2.35. The molecule has 0 saturated carbocycles. The summed E-state index contributed by atoms with van der Waals surface area (Å²) < 4.78 is 43.5. The van der Waals surface area contributed by atoms with Gasteiger partial charge in [0.2, 0.25) is 0 Å². The maximum atomic E-state index is 13.6. The van der Waals surface area contributed by atoms with Crippen LogP contribution < -0.4 is 4.74 Å². The zero-order valence-electron chi connectivity index (χ0n) is 18.7. The summed E-state index contributed by atoms with van der Waals surface area (Å²) in [7, 11) is 1.67. The number of hydrogen-bond donors (Lipinski definition) is 0. The molecule has 0 spiro atoms. The van der Waals surface area contributed by atoms with Gasteiger partial charge in [-0.05, 0) is 63.5 Å². The minimum atomic E-state index is -2.58. The Hall–Kier alpha value is -2.58. The number of nitrogens with zero attached hydrogens (tertiary/aromatic N) is 3. The number of ether oxygens (including phenoxy) is 2. The first-order valence-electron chi connectivity index (χ1n) is 11.0. The maximum Gasteiger partial charge on any atom is 0.264 e. The van der Waals surface area contributed by atoms with Crippen LogP contribution >= 0.6 is 0 Å². The van der Waals surface area contributed by atoms with Crippen LogP contribution in [0.3, 0.4) is 0 Å². The van der Waals surface area contributed by atoms with Crippen LogP contribution in [-0.2, 0) is 17.9 Å². The molecule has 0 N–H and O–H groups in total. The molecule has 1 saturated heterocycles. The molecule has 3 heterocycles. The van der Waals surface area contributed by atoms with Crippen LogP contribution in [-0.4, -0.2) is 41.8 Å². The number of alkyl halides is 2. The summed E-state index contributed by atoms with van der Waals surface area (Å²) in [6.45, 7) is 7.38. The van der Waals surface area contributed by atoms with Gasteiger partial charge < -0.3 is 14.0 Å². The van der Waals surface area contributed by atoms with Crippen LogP contribution in [0.1, 0.15) is 60.2 Å². The summed E-state index contributed by atoms with van der Waals surface area (Å²) in [6, 6.07) is 7.75. The number of pyridine rings is 1. The monoisotopic (exact) mass is 445 g/mol. The molecule has 1 aliphatic rings. The summed E-state index contributed by atoms with van der Waals surface area (Å²) in [5.74, 6) is 0.961. The van der Waals surface area contributed by atoms with E-state index in [2.05, 4.69) is 27.2 Å². The summed E-state index contributed by atoms with van der Waals surface area (Å²) >= 11 is 0. The lowest BCUT2D eigenvalue weighted by Gasteiger charge is -2.32. The zero-order chi connectivity index (χ0) is 22.7. The topological polar surface area (TPSA) is 60.6 Å². The summed E-state index contributed by atoms with van der Waals surface area (Å²) in [6.07, 6.45) is -0.870. The lowest BCUT2D eigenvalue weighted by atomic mass is 9.91. The number of rotatable bonds is 8. The first-order chi connectivity index (χ1) is 15.5. The molecule has 1 aromatic carbocycles. The fraction of sp³-hybridized carbons (Fsp3) is 0.500. The molecule has 1 aliphatic heterocycles. The Morgan fingerprint density at radius 2 is 2.00 bits per heavy atom. The Labute approximate surface area is 186 Å². The Balaban J connectivity index is 1.44. The first kappa shape index (κ1) is 22.6. The largest absolute Gasteiger partial charge is 0.496 e. The SMILES string of the molecule is CCOCc1cc(CN2CCC(c3cc(C(F)F)c4c(C)noc4n3)CC2)ccc1OC. The van der Waals surface area contributed by atoms with E-state index < -0.39 is 6.43 Å². The number of likely N-dealkylation sites (tertiary alicyclic amines) is 1. The van der Waals surface area contributed by atoms with E-state index in [1.807, 2.05) is 13.0 Å². The summed E-state index contributed by atoms with van der Waals surface area (Å²) in [5.41, 5.74) is 3.54. The third kappa shape index (κ3) is 4.76.